The van der Waals surface area contributed by atoms with E-state index in [1.165, 1.54) is 32.1 Å². The van der Waals surface area contributed by atoms with Crippen LogP contribution in [0.1, 0.15) is 64.7 Å². The van der Waals surface area contributed by atoms with Crippen LogP contribution in [0, 0.1) is 35.0 Å². The van der Waals surface area contributed by atoms with Crippen molar-refractivity contribution < 1.29 is 14.3 Å². The summed E-state index contributed by atoms with van der Waals surface area (Å²) >= 11 is 0. The van der Waals surface area contributed by atoms with Gasteiger partial charge in [-0.1, -0.05) is 13.0 Å². The third-order valence-electron chi connectivity index (χ3n) is 8.38. The number of allylic oxidation sites excluding steroid dienone is 4. The van der Waals surface area contributed by atoms with Crippen LogP contribution in [-0.4, -0.2) is 19.2 Å². The number of ether oxygens (including phenoxy) is 2. The van der Waals surface area contributed by atoms with Crippen LogP contribution in [0.3, 0.4) is 0 Å². The highest BCUT2D eigenvalue weighted by Gasteiger charge is 2.59. The second-order valence-corrected chi connectivity index (χ2v) is 9.73. The second-order valence-electron chi connectivity index (χ2n) is 9.73. The molecule has 26 heavy (non-hydrogen) atoms. The number of carbonyl (C=O) groups excluding carboxylic acids is 1. The van der Waals surface area contributed by atoms with Crippen LogP contribution >= 0.6 is 0 Å². The summed E-state index contributed by atoms with van der Waals surface area (Å²) in [5.41, 5.74) is 1.95. The smallest absolute Gasteiger partial charge is 0.306 e. The van der Waals surface area contributed by atoms with Crippen LogP contribution in [0.4, 0.5) is 0 Å². The molecule has 7 atom stereocenters. The van der Waals surface area contributed by atoms with Crippen molar-refractivity contribution in [2.24, 2.45) is 35.0 Å². The Morgan fingerprint density at radius 2 is 2.04 bits per heavy atom. The van der Waals surface area contributed by atoms with Gasteiger partial charge in [0.25, 0.3) is 0 Å². The Bertz CT molecular complexity index is 662. The number of hydrogen-bond acceptors (Lipinski definition) is 3. The molecule has 6 unspecified atom stereocenters. The monoisotopic (exact) mass is 356 g/mol. The first-order valence-electron chi connectivity index (χ1n) is 10.7. The topological polar surface area (TPSA) is 35.5 Å². The quantitative estimate of drug-likeness (QED) is 0.619. The lowest BCUT2D eigenvalue weighted by Crippen LogP contribution is -2.47. The lowest BCUT2D eigenvalue weighted by atomic mass is 9.50. The highest BCUT2D eigenvalue weighted by molar-refractivity contribution is 5.69. The summed E-state index contributed by atoms with van der Waals surface area (Å²) in [6.45, 7) is 2.53. The van der Waals surface area contributed by atoms with E-state index in [2.05, 4.69) is 19.1 Å². The van der Waals surface area contributed by atoms with E-state index in [0.717, 1.165) is 48.7 Å². The molecule has 3 nitrogen and oxygen atoms in total. The molecule has 0 spiro atoms. The molecule has 0 radical (unpaired) electrons. The summed E-state index contributed by atoms with van der Waals surface area (Å²) in [5, 5.41) is 0. The summed E-state index contributed by atoms with van der Waals surface area (Å²) in [7, 11) is 1.80. The van der Waals surface area contributed by atoms with Gasteiger partial charge in [-0.05, 0) is 85.7 Å². The third kappa shape index (κ3) is 2.65. The van der Waals surface area contributed by atoms with Gasteiger partial charge in [-0.2, -0.15) is 0 Å². The minimum Gasteiger partial charge on any atom is -0.501 e. The van der Waals surface area contributed by atoms with Crippen molar-refractivity contribution in [3.63, 3.8) is 0 Å². The first kappa shape index (κ1) is 16.9. The van der Waals surface area contributed by atoms with Crippen LogP contribution in [0.5, 0.6) is 0 Å². The van der Waals surface area contributed by atoms with Gasteiger partial charge in [0.05, 0.1) is 12.9 Å². The molecule has 0 amide bonds. The zero-order valence-corrected chi connectivity index (χ0v) is 16.2. The van der Waals surface area contributed by atoms with Crippen molar-refractivity contribution in [3.05, 3.63) is 23.5 Å². The summed E-state index contributed by atoms with van der Waals surface area (Å²) in [5.74, 6) is 4.90. The molecular weight excluding hydrogens is 324 g/mol. The molecule has 1 heterocycles. The number of esters is 1. The van der Waals surface area contributed by atoms with E-state index < -0.39 is 0 Å². The standard InChI is InChI=1S/C23H32O3/c1-23-10-3-4-21(24)26-20-13-19(20)22(23)18-7-5-14-12-15(25-2)6-8-16(14)17(18)9-11-23/h5,12,16-20,22H,3-4,6-11,13H2,1-2H3/t16?,17?,18?,19-,20?,22?,23?/m0/s1. The van der Waals surface area contributed by atoms with Gasteiger partial charge in [-0.25, -0.2) is 0 Å². The van der Waals surface area contributed by atoms with Crippen molar-refractivity contribution in [2.45, 2.75) is 70.8 Å². The van der Waals surface area contributed by atoms with Gasteiger partial charge in [0.1, 0.15) is 6.10 Å². The summed E-state index contributed by atoms with van der Waals surface area (Å²) in [6, 6.07) is 0. The Morgan fingerprint density at radius 1 is 1.15 bits per heavy atom. The number of hydrogen-bond donors (Lipinski definition) is 0. The lowest BCUT2D eigenvalue weighted by Gasteiger charge is -2.54. The molecule has 3 heteroatoms. The van der Waals surface area contributed by atoms with E-state index >= 15 is 0 Å². The van der Waals surface area contributed by atoms with E-state index in [4.69, 9.17) is 9.47 Å². The molecule has 0 bridgehead atoms. The van der Waals surface area contributed by atoms with Crippen LogP contribution in [0.2, 0.25) is 0 Å². The van der Waals surface area contributed by atoms with Crippen LogP contribution in [-0.2, 0) is 14.3 Å². The summed E-state index contributed by atoms with van der Waals surface area (Å²) < 4.78 is 11.3. The highest BCUT2D eigenvalue weighted by Crippen LogP contribution is 2.63. The maximum absolute atomic E-state index is 12.0. The molecule has 0 aromatic heterocycles. The number of methoxy groups -OCH3 is 1. The largest absolute Gasteiger partial charge is 0.501 e. The molecule has 5 aliphatic rings. The van der Waals surface area contributed by atoms with Gasteiger partial charge in [0, 0.05) is 18.8 Å². The fourth-order valence-electron chi connectivity index (χ4n) is 7.11. The average Bonchev–Trinajstić information content (AvgIpc) is 3.37. The normalized spacial score (nSPS) is 47.2. The second kappa shape index (κ2) is 6.14. The summed E-state index contributed by atoms with van der Waals surface area (Å²) in [6.07, 6.45) is 15.3. The minimum absolute atomic E-state index is 0.0478. The molecule has 3 fully saturated rings. The summed E-state index contributed by atoms with van der Waals surface area (Å²) in [4.78, 5) is 12.0. The van der Waals surface area contributed by atoms with Gasteiger partial charge in [-0.3, -0.25) is 4.79 Å². The van der Waals surface area contributed by atoms with Crippen molar-refractivity contribution in [1.82, 2.24) is 0 Å². The number of carbonyl (C=O) groups is 1. The lowest BCUT2D eigenvalue weighted by molar-refractivity contribution is -0.145. The first-order chi connectivity index (χ1) is 12.6. The Labute approximate surface area is 157 Å². The van der Waals surface area contributed by atoms with Crippen molar-refractivity contribution in [3.8, 4) is 0 Å². The van der Waals surface area contributed by atoms with Gasteiger partial charge in [0.15, 0.2) is 0 Å². The Hall–Kier alpha value is -1.25. The Kier molecular flexibility index (Phi) is 3.99. The van der Waals surface area contributed by atoms with Gasteiger partial charge in [0.2, 0.25) is 0 Å². The molecule has 0 aromatic rings. The predicted molar refractivity (Wildman–Crippen MR) is 100 cm³/mol. The molecule has 2 saturated carbocycles. The van der Waals surface area contributed by atoms with E-state index in [-0.39, 0.29) is 12.1 Å². The van der Waals surface area contributed by atoms with E-state index in [0.29, 0.717) is 17.8 Å². The molecule has 5 rings (SSSR count). The van der Waals surface area contributed by atoms with Crippen LogP contribution in [0.25, 0.3) is 0 Å². The van der Waals surface area contributed by atoms with E-state index in [1.807, 2.05) is 0 Å². The highest BCUT2D eigenvalue weighted by atomic mass is 16.5. The van der Waals surface area contributed by atoms with Crippen LogP contribution < -0.4 is 0 Å². The molecule has 0 N–H and O–H groups in total. The fourth-order valence-corrected chi connectivity index (χ4v) is 7.11. The third-order valence-corrected chi connectivity index (χ3v) is 8.38. The molecule has 142 valence electrons. The van der Waals surface area contributed by atoms with E-state index in [9.17, 15) is 4.79 Å². The Balaban J connectivity index is 1.46. The maximum Gasteiger partial charge on any atom is 0.306 e. The van der Waals surface area contributed by atoms with Crippen molar-refractivity contribution in [1.29, 1.82) is 0 Å². The predicted octanol–water partition coefficient (Wildman–Crippen LogP) is 5.02. The number of rotatable bonds is 1. The average molecular weight is 357 g/mol. The van der Waals surface area contributed by atoms with Gasteiger partial charge >= 0.3 is 5.97 Å². The van der Waals surface area contributed by atoms with Gasteiger partial charge in [-0.15, -0.1) is 0 Å². The zero-order chi connectivity index (χ0) is 17.9. The zero-order valence-electron chi connectivity index (χ0n) is 16.2. The van der Waals surface area contributed by atoms with Crippen molar-refractivity contribution >= 4 is 5.97 Å². The molecule has 0 aromatic carbocycles. The number of fused-ring (bicyclic) bond motifs is 7. The molecular formula is C23H32O3. The van der Waals surface area contributed by atoms with Crippen molar-refractivity contribution in [2.75, 3.05) is 7.11 Å². The minimum atomic E-state index is 0.0478. The Morgan fingerprint density at radius 3 is 2.88 bits per heavy atom. The van der Waals surface area contributed by atoms with E-state index in [1.54, 1.807) is 12.7 Å². The molecule has 4 aliphatic carbocycles. The molecule has 1 saturated heterocycles. The van der Waals surface area contributed by atoms with Gasteiger partial charge < -0.3 is 9.47 Å². The SMILES string of the molecule is COC1=CC2=CCC3C(CCC4(C)CCCC(=O)OC5C[C@@H]5C34)C2CC1. The fraction of sp³-hybridized carbons (Fsp3) is 0.783. The molecule has 1 aliphatic heterocycles. The first-order valence-corrected chi connectivity index (χ1v) is 10.7. The van der Waals surface area contributed by atoms with Crippen LogP contribution in [0.15, 0.2) is 23.5 Å². The maximum atomic E-state index is 12.0.